The van der Waals surface area contributed by atoms with Crippen molar-refractivity contribution in [3.8, 4) is 0 Å². The van der Waals surface area contributed by atoms with E-state index in [2.05, 4.69) is 15.4 Å². The number of rotatable bonds is 2. The molecule has 10 heteroatoms. The smallest absolute Gasteiger partial charge is 0.319 e. The summed E-state index contributed by atoms with van der Waals surface area (Å²) in [5.74, 6) is -1.29. The minimum absolute atomic E-state index is 0.0927. The van der Waals surface area contributed by atoms with Gasteiger partial charge < -0.3 is 5.32 Å². The molecule has 0 saturated heterocycles. The van der Waals surface area contributed by atoms with Crippen molar-refractivity contribution in [2.45, 2.75) is 6.18 Å². The van der Waals surface area contributed by atoms with Crippen LogP contribution in [0.1, 0.15) is 16.2 Å². The molecule has 0 fully saturated rings. The average molecular weight is 292 g/mol. The molecule has 0 atom stereocenters. The Hall–Kier alpha value is -2.16. The van der Waals surface area contributed by atoms with E-state index in [0.717, 1.165) is 6.07 Å². The molecule has 1 heterocycles. The van der Waals surface area contributed by atoms with Gasteiger partial charge in [-0.1, -0.05) is 11.6 Å². The highest BCUT2D eigenvalue weighted by Crippen LogP contribution is 2.36. The van der Waals surface area contributed by atoms with E-state index >= 15 is 0 Å². The number of H-pyrrole nitrogens is 1. The van der Waals surface area contributed by atoms with E-state index < -0.39 is 23.3 Å². The van der Waals surface area contributed by atoms with Gasteiger partial charge in [0, 0.05) is 5.02 Å². The molecule has 6 nitrogen and oxygen atoms in total. The molecule has 19 heavy (non-hydrogen) atoms. The molecule has 2 rings (SSSR count). The predicted molar refractivity (Wildman–Crippen MR) is 58.6 cm³/mol. The summed E-state index contributed by atoms with van der Waals surface area (Å²) in [5, 5.41) is 13.8. The molecule has 1 amide bonds. The van der Waals surface area contributed by atoms with Crippen LogP contribution in [0, 0.1) is 0 Å². The molecule has 1 aromatic carbocycles. The fraction of sp³-hybridized carbons (Fsp3) is 0.111. The lowest BCUT2D eigenvalue weighted by molar-refractivity contribution is -0.136. The number of halogens is 4. The van der Waals surface area contributed by atoms with Crippen molar-refractivity contribution in [1.29, 1.82) is 0 Å². The number of anilines is 1. The third-order valence-electron chi connectivity index (χ3n) is 2.08. The highest BCUT2D eigenvalue weighted by Gasteiger charge is 2.34. The van der Waals surface area contributed by atoms with Crippen LogP contribution < -0.4 is 5.32 Å². The van der Waals surface area contributed by atoms with Gasteiger partial charge in [-0.05, 0) is 23.4 Å². The minimum atomic E-state index is -4.65. The Labute approximate surface area is 109 Å². The summed E-state index contributed by atoms with van der Waals surface area (Å²) in [6.07, 6.45) is -4.65. The zero-order valence-corrected chi connectivity index (χ0v) is 9.75. The first-order chi connectivity index (χ1) is 8.88. The van der Waals surface area contributed by atoms with Gasteiger partial charge in [0.05, 0.1) is 11.3 Å². The van der Waals surface area contributed by atoms with Gasteiger partial charge in [-0.15, -0.1) is 10.2 Å². The van der Waals surface area contributed by atoms with E-state index in [1.165, 1.54) is 6.07 Å². The molecule has 0 unspecified atom stereocenters. The normalized spacial score (nSPS) is 11.4. The zero-order valence-electron chi connectivity index (χ0n) is 8.99. The molecule has 0 aliphatic rings. The van der Waals surface area contributed by atoms with Crippen molar-refractivity contribution in [3.05, 3.63) is 34.6 Å². The Kier molecular flexibility index (Phi) is 3.38. The van der Waals surface area contributed by atoms with Crippen LogP contribution in [-0.2, 0) is 6.18 Å². The number of amides is 1. The number of tetrazole rings is 1. The maximum absolute atomic E-state index is 12.8. The minimum Gasteiger partial charge on any atom is -0.319 e. The summed E-state index contributed by atoms with van der Waals surface area (Å²) in [6, 6.07) is 2.99. The van der Waals surface area contributed by atoms with Gasteiger partial charge in [0.25, 0.3) is 11.7 Å². The highest BCUT2D eigenvalue weighted by molar-refractivity contribution is 6.30. The Morgan fingerprint density at radius 2 is 2.11 bits per heavy atom. The van der Waals surface area contributed by atoms with Gasteiger partial charge >= 0.3 is 6.18 Å². The summed E-state index contributed by atoms with van der Waals surface area (Å²) in [4.78, 5) is 11.5. The van der Waals surface area contributed by atoms with Gasteiger partial charge in [0.1, 0.15) is 0 Å². The van der Waals surface area contributed by atoms with Crippen molar-refractivity contribution >= 4 is 23.2 Å². The third-order valence-corrected chi connectivity index (χ3v) is 2.32. The van der Waals surface area contributed by atoms with E-state index in [-0.39, 0.29) is 10.8 Å². The largest absolute Gasteiger partial charge is 0.418 e. The number of carbonyl (C=O) groups excluding carboxylic acids is 1. The van der Waals surface area contributed by atoms with Crippen LogP contribution in [-0.4, -0.2) is 26.5 Å². The van der Waals surface area contributed by atoms with E-state index in [1.807, 2.05) is 10.5 Å². The van der Waals surface area contributed by atoms with E-state index in [9.17, 15) is 18.0 Å². The molecule has 1 aromatic heterocycles. The van der Waals surface area contributed by atoms with Crippen LogP contribution in [0.3, 0.4) is 0 Å². The van der Waals surface area contributed by atoms with Crippen molar-refractivity contribution in [2.24, 2.45) is 0 Å². The number of carbonyl (C=O) groups is 1. The van der Waals surface area contributed by atoms with Crippen molar-refractivity contribution < 1.29 is 18.0 Å². The number of aromatic nitrogens is 4. The van der Waals surface area contributed by atoms with Crippen LogP contribution in [0.4, 0.5) is 18.9 Å². The number of hydrogen-bond donors (Lipinski definition) is 2. The number of hydrogen-bond acceptors (Lipinski definition) is 4. The Morgan fingerprint density at radius 1 is 1.37 bits per heavy atom. The molecule has 0 aliphatic carbocycles. The first-order valence-electron chi connectivity index (χ1n) is 4.79. The van der Waals surface area contributed by atoms with Gasteiger partial charge in [-0.25, -0.2) is 0 Å². The van der Waals surface area contributed by atoms with Gasteiger partial charge in [0.15, 0.2) is 0 Å². The Morgan fingerprint density at radius 3 is 2.68 bits per heavy atom. The van der Waals surface area contributed by atoms with Gasteiger partial charge in [-0.2, -0.15) is 18.4 Å². The number of benzene rings is 1. The van der Waals surface area contributed by atoms with E-state index in [4.69, 9.17) is 11.6 Å². The number of alkyl halides is 3. The fourth-order valence-electron chi connectivity index (χ4n) is 1.30. The average Bonchev–Trinajstić information content (AvgIpc) is 2.83. The second kappa shape index (κ2) is 4.84. The Bertz CT molecular complexity index is 598. The highest BCUT2D eigenvalue weighted by atomic mass is 35.5. The van der Waals surface area contributed by atoms with Crippen molar-refractivity contribution in [1.82, 2.24) is 20.6 Å². The lowest BCUT2D eigenvalue weighted by Gasteiger charge is -2.13. The Balaban J connectivity index is 2.33. The lowest BCUT2D eigenvalue weighted by Crippen LogP contribution is -2.17. The first-order valence-corrected chi connectivity index (χ1v) is 5.17. The SMILES string of the molecule is O=C(Nc1ccc(Cl)cc1C(F)(F)F)c1nn[nH]n1. The molecule has 2 N–H and O–H groups in total. The second-order valence-electron chi connectivity index (χ2n) is 3.38. The molecule has 0 spiro atoms. The summed E-state index contributed by atoms with van der Waals surface area (Å²) >= 11 is 5.51. The van der Waals surface area contributed by atoms with Crippen molar-refractivity contribution in [2.75, 3.05) is 5.32 Å². The van der Waals surface area contributed by atoms with Crippen LogP contribution in [0.15, 0.2) is 18.2 Å². The molecule has 2 aromatic rings. The van der Waals surface area contributed by atoms with Crippen LogP contribution in [0.2, 0.25) is 5.02 Å². The molecule has 100 valence electrons. The zero-order chi connectivity index (χ0) is 14.0. The summed E-state index contributed by atoms with van der Waals surface area (Å²) in [7, 11) is 0. The maximum atomic E-state index is 12.8. The molecule has 0 bridgehead atoms. The van der Waals surface area contributed by atoms with Gasteiger partial charge in [0.2, 0.25) is 0 Å². The van der Waals surface area contributed by atoms with Crippen LogP contribution in [0.25, 0.3) is 0 Å². The third kappa shape index (κ3) is 2.99. The molecular formula is C9H5ClF3N5O. The van der Waals surface area contributed by atoms with E-state index in [1.54, 1.807) is 0 Å². The standard InChI is InChI=1S/C9H5ClF3N5O/c10-4-1-2-6(5(3-4)9(11,12)13)14-8(19)7-15-17-18-16-7/h1-3H,(H,14,19)(H,15,16,17,18). The monoisotopic (exact) mass is 291 g/mol. The van der Waals surface area contributed by atoms with Crippen molar-refractivity contribution in [3.63, 3.8) is 0 Å². The second-order valence-corrected chi connectivity index (χ2v) is 3.81. The predicted octanol–water partition coefficient (Wildman–Crippen LogP) is 2.12. The number of nitrogens with one attached hydrogen (secondary N) is 2. The summed E-state index contributed by atoms with van der Waals surface area (Å²) < 4.78 is 38.3. The van der Waals surface area contributed by atoms with Crippen LogP contribution in [0.5, 0.6) is 0 Å². The topological polar surface area (TPSA) is 83.6 Å². The maximum Gasteiger partial charge on any atom is 0.418 e. The fourth-order valence-corrected chi connectivity index (χ4v) is 1.47. The van der Waals surface area contributed by atoms with Crippen LogP contribution >= 0.6 is 11.6 Å². The quantitative estimate of drug-likeness (QED) is 0.888. The number of aromatic amines is 1. The summed E-state index contributed by atoms with van der Waals surface area (Å²) in [5.41, 5.74) is -1.50. The lowest BCUT2D eigenvalue weighted by atomic mass is 10.1. The summed E-state index contributed by atoms with van der Waals surface area (Å²) in [6.45, 7) is 0. The molecular weight excluding hydrogens is 287 g/mol. The first kappa shape index (κ1) is 13.3. The van der Waals surface area contributed by atoms with Gasteiger partial charge in [-0.3, -0.25) is 4.79 Å². The molecule has 0 saturated carbocycles. The molecule has 0 aliphatic heterocycles. The van der Waals surface area contributed by atoms with E-state index in [0.29, 0.717) is 6.07 Å². The number of nitrogens with zero attached hydrogens (tertiary/aromatic N) is 3. The molecule has 0 radical (unpaired) electrons.